The van der Waals surface area contributed by atoms with Gasteiger partial charge in [0, 0.05) is 11.6 Å². The Morgan fingerprint density at radius 2 is 2.00 bits per heavy atom. The monoisotopic (exact) mass is 358 g/mol. The highest BCUT2D eigenvalue weighted by atomic mass is 35.5. The van der Waals surface area contributed by atoms with Crippen LogP contribution in [0, 0.1) is 0 Å². The Balaban J connectivity index is 1.58. The maximum atomic E-state index is 12.4. The molecular formula is C19H19ClN2O3. The van der Waals surface area contributed by atoms with Gasteiger partial charge in [-0.3, -0.25) is 9.59 Å². The van der Waals surface area contributed by atoms with E-state index in [0.717, 1.165) is 12.8 Å². The number of nitrogens with one attached hydrogen (secondary N) is 2. The summed E-state index contributed by atoms with van der Waals surface area (Å²) in [7, 11) is 0. The van der Waals surface area contributed by atoms with E-state index in [1.165, 1.54) is 5.56 Å². The summed E-state index contributed by atoms with van der Waals surface area (Å²) < 4.78 is 5.60. The number of carbonyl (C=O) groups is 2. The normalized spacial score (nSPS) is 15.8. The molecule has 0 saturated carbocycles. The molecule has 0 saturated heterocycles. The first kappa shape index (κ1) is 17.3. The predicted octanol–water partition coefficient (Wildman–Crippen LogP) is 3.42. The Bertz CT molecular complexity index is 790. The Morgan fingerprint density at radius 3 is 2.76 bits per heavy atom. The Morgan fingerprint density at radius 1 is 1.24 bits per heavy atom. The quantitative estimate of drug-likeness (QED) is 0.805. The van der Waals surface area contributed by atoms with E-state index < -0.39 is 6.10 Å². The third-order valence-corrected chi connectivity index (χ3v) is 4.27. The lowest BCUT2D eigenvalue weighted by Gasteiger charge is -2.25. The molecular weight excluding hydrogens is 340 g/mol. The summed E-state index contributed by atoms with van der Waals surface area (Å²) >= 11 is 5.86. The summed E-state index contributed by atoms with van der Waals surface area (Å²) in [5, 5.41) is 6.36. The highest BCUT2D eigenvalue weighted by Crippen LogP contribution is 2.33. The number of amides is 2. The molecule has 2 N–H and O–H groups in total. The van der Waals surface area contributed by atoms with Crippen LogP contribution >= 0.6 is 11.6 Å². The molecule has 5 nitrogen and oxygen atoms in total. The average molecular weight is 359 g/mol. The second-order valence-electron chi connectivity index (χ2n) is 5.92. The summed E-state index contributed by atoms with van der Waals surface area (Å²) in [6.07, 6.45) is 1.05. The summed E-state index contributed by atoms with van der Waals surface area (Å²) in [6, 6.07) is 12.8. The number of carbonyl (C=O) groups excluding carboxylic acids is 2. The van der Waals surface area contributed by atoms with Crippen LogP contribution in [0.5, 0.6) is 5.75 Å². The molecule has 0 aliphatic carbocycles. The highest BCUT2D eigenvalue weighted by molar-refractivity contribution is 6.30. The van der Waals surface area contributed by atoms with Crippen LogP contribution in [0.2, 0.25) is 5.02 Å². The van der Waals surface area contributed by atoms with E-state index in [0.29, 0.717) is 28.6 Å². The highest BCUT2D eigenvalue weighted by Gasteiger charge is 2.27. The number of halogens is 1. The SMILES string of the molecule is C[C@@H]1Oc2c(cccc2C(=O)NCCCc2ccc(Cl)cc2)NC1=O. The largest absolute Gasteiger partial charge is 0.478 e. The molecule has 1 heterocycles. The summed E-state index contributed by atoms with van der Waals surface area (Å²) in [6.45, 7) is 2.20. The Labute approximate surface area is 151 Å². The summed E-state index contributed by atoms with van der Waals surface area (Å²) in [4.78, 5) is 24.1. The van der Waals surface area contributed by atoms with E-state index in [4.69, 9.17) is 16.3 Å². The minimum Gasteiger partial charge on any atom is -0.478 e. The third kappa shape index (κ3) is 4.12. The van der Waals surface area contributed by atoms with Gasteiger partial charge in [0.1, 0.15) is 0 Å². The second kappa shape index (κ2) is 7.57. The van der Waals surface area contributed by atoms with Crippen molar-refractivity contribution in [2.45, 2.75) is 25.9 Å². The number of hydrogen-bond acceptors (Lipinski definition) is 3. The van der Waals surface area contributed by atoms with Gasteiger partial charge in [0.25, 0.3) is 11.8 Å². The number of aryl methyl sites for hydroxylation is 1. The molecule has 1 atom stereocenters. The van der Waals surface area contributed by atoms with E-state index in [9.17, 15) is 9.59 Å². The number of benzene rings is 2. The number of para-hydroxylation sites is 1. The Kier molecular flexibility index (Phi) is 5.24. The molecule has 3 rings (SSSR count). The van der Waals surface area contributed by atoms with E-state index in [1.54, 1.807) is 25.1 Å². The molecule has 2 aromatic carbocycles. The third-order valence-electron chi connectivity index (χ3n) is 4.02. The van der Waals surface area contributed by atoms with Gasteiger partial charge < -0.3 is 15.4 Å². The topological polar surface area (TPSA) is 67.4 Å². The van der Waals surface area contributed by atoms with Crippen molar-refractivity contribution < 1.29 is 14.3 Å². The molecule has 0 radical (unpaired) electrons. The molecule has 0 aromatic heterocycles. The fraction of sp³-hybridized carbons (Fsp3) is 0.263. The lowest BCUT2D eigenvalue weighted by Crippen LogP contribution is -2.36. The van der Waals surface area contributed by atoms with Crippen molar-refractivity contribution in [1.82, 2.24) is 5.32 Å². The van der Waals surface area contributed by atoms with Crippen LogP contribution in [-0.4, -0.2) is 24.5 Å². The van der Waals surface area contributed by atoms with E-state index in [-0.39, 0.29) is 11.8 Å². The smallest absolute Gasteiger partial charge is 0.265 e. The van der Waals surface area contributed by atoms with Gasteiger partial charge in [-0.05, 0) is 49.6 Å². The first-order valence-corrected chi connectivity index (χ1v) is 8.55. The van der Waals surface area contributed by atoms with Crippen molar-refractivity contribution in [2.24, 2.45) is 0 Å². The number of anilines is 1. The minimum absolute atomic E-state index is 0.212. The molecule has 0 unspecified atom stereocenters. The van der Waals surface area contributed by atoms with Gasteiger partial charge in [0.15, 0.2) is 11.9 Å². The van der Waals surface area contributed by atoms with Crippen LogP contribution in [0.4, 0.5) is 5.69 Å². The van der Waals surface area contributed by atoms with Crippen LogP contribution in [0.1, 0.15) is 29.3 Å². The molecule has 1 aliphatic rings. The lowest BCUT2D eigenvalue weighted by molar-refractivity contribution is -0.122. The van der Waals surface area contributed by atoms with Crippen molar-refractivity contribution in [2.75, 3.05) is 11.9 Å². The second-order valence-corrected chi connectivity index (χ2v) is 6.35. The number of ether oxygens (including phenoxy) is 1. The van der Waals surface area contributed by atoms with Crippen molar-refractivity contribution in [3.63, 3.8) is 0 Å². The first-order valence-electron chi connectivity index (χ1n) is 8.18. The maximum absolute atomic E-state index is 12.4. The fourth-order valence-electron chi connectivity index (χ4n) is 2.65. The molecule has 0 bridgehead atoms. The van der Waals surface area contributed by atoms with Crippen LogP contribution < -0.4 is 15.4 Å². The van der Waals surface area contributed by atoms with Crippen molar-refractivity contribution >= 4 is 29.1 Å². The van der Waals surface area contributed by atoms with Crippen LogP contribution in [-0.2, 0) is 11.2 Å². The molecule has 0 fully saturated rings. The molecule has 25 heavy (non-hydrogen) atoms. The zero-order chi connectivity index (χ0) is 17.8. The van der Waals surface area contributed by atoms with E-state index in [1.807, 2.05) is 24.3 Å². The number of hydrogen-bond donors (Lipinski definition) is 2. The van der Waals surface area contributed by atoms with Crippen LogP contribution in [0.15, 0.2) is 42.5 Å². The van der Waals surface area contributed by atoms with Gasteiger partial charge in [-0.15, -0.1) is 0 Å². The van der Waals surface area contributed by atoms with Crippen LogP contribution in [0.25, 0.3) is 0 Å². The zero-order valence-electron chi connectivity index (χ0n) is 13.8. The van der Waals surface area contributed by atoms with Gasteiger partial charge in [-0.25, -0.2) is 0 Å². The van der Waals surface area contributed by atoms with Gasteiger partial charge >= 0.3 is 0 Å². The summed E-state index contributed by atoms with van der Waals surface area (Å²) in [5.41, 5.74) is 2.13. The van der Waals surface area contributed by atoms with Gasteiger partial charge in [-0.1, -0.05) is 29.8 Å². The molecule has 1 aliphatic heterocycles. The first-order chi connectivity index (χ1) is 12.0. The standard InChI is InChI=1S/C19H19ClN2O3/c1-12-18(23)22-16-6-2-5-15(17(16)25-12)19(24)21-11-3-4-13-7-9-14(20)10-8-13/h2,5-10,12H,3-4,11H2,1H3,(H,21,24)(H,22,23)/t12-/m0/s1. The van der Waals surface area contributed by atoms with Gasteiger partial charge in [0.2, 0.25) is 0 Å². The van der Waals surface area contributed by atoms with Crippen LogP contribution in [0.3, 0.4) is 0 Å². The maximum Gasteiger partial charge on any atom is 0.265 e. The van der Waals surface area contributed by atoms with Gasteiger partial charge in [-0.2, -0.15) is 0 Å². The molecule has 130 valence electrons. The molecule has 2 amide bonds. The van der Waals surface area contributed by atoms with E-state index in [2.05, 4.69) is 10.6 Å². The average Bonchev–Trinajstić information content (AvgIpc) is 2.60. The summed E-state index contributed by atoms with van der Waals surface area (Å²) in [5.74, 6) is -0.00544. The van der Waals surface area contributed by atoms with E-state index >= 15 is 0 Å². The lowest BCUT2D eigenvalue weighted by atomic mass is 10.1. The van der Waals surface area contributed by atoms with Gasteiger partial charge in [0.05, 0.1) is 11.3 Å². The zero-order valence-corrected chi connectivity index (χ0v) is 14.6. The molecule has 0 spiro atoms. The van der Waals surface area contributed by atoms with Crippen molar-refractivity contribution in [3.05, 3.63) is 58.6 Å². The minimum atomic E-state index is -0.619. The fourth-order valence-corrected chi connectivity index (χ4v) is 2.77. The molecule has 6 heteroatoms. The molecule has 2 aromatic rings. The van der Waals surface area contributed by atoms with Crippen molar-refractivity contribution in [1.29, 1.82) is 0 Å². The number of rotatable bonds is 5. The Hall–Kier alpha value is -2.53. The van der Waals surface area contributed by atoms with Crippen molar-refractivity contribution in [3.8, 4) is 5.75 Å². The number of fused-ring (bicyclic) bond motifs is 1. The predicted molar refractivity (Wildman–Crippen MR) is 97.3 cm³/mol.